The second-order valence-electron chi connectivity index (χ2n) is 4.91. The van der Waals surface area contributed by atoms with Crippen molar-refractivity contribution >= 4 is 15.9 Å². The van der Waals surface area contributed by atoms with Gasteiger partial charge in [-0.15, -0.1) is 0 Å². The smallest absolute Gasteiger partial charge is 0.229 e. The number of nitrogens with two attached hydrogens (primary N) is 1. The maximum Gasteiger partial charge on any atom is 0.229 e. The Balaban J connectivity index is 2.14. The van der Waals surface area contributed by atoms with Crippen LogP contribution in [0.2, 0.25) is 0 Å². The van der Waals surface area contributed by atoms with Gasteiger partial charge >= 0.3 is 0 Å². The predicted octanol–water partition coefficient (Wildman–Crippen LogP) is 3.30. The summed E-state index contributed by atoms with van der Waals surface area (Å²) in [6, 6.07) is 3.95. The van der Waals surface area contributed by atoms with E-state index in [2.05, 4.69) is 26.1 Å². The fraction of sp³-hybridized carbons (Fsp3) is 0.429. The van der Waals surface area contributed by atoms with Crippen molar-refractivity contribution < 1.29 is 9.26 Å². The minimum Gasteiger partial charge on any atom is -0.485 e. The van der Waals surface area contributed by atoms with E-state index in [9.17, 15) is 0 Å². The molecule has 2 aromatic rings. The average molecular weight is 340 g/mol. The lowest BCUT2D eigenvalue weighted by Gasteiger charge is -2.12. The summed E-state index contributed by atoms with van der Waals surface area (Å²) < 4.78 is 11.9. The normalized spacial score (nSPS) is 11.1. The van der Waals surface area contributed by atoms with Gasteiger partial charge in [-0.3, -0.25) is 0 Å². The molecule has 0 amide bonds. The molecule has 1 aromatic carbocycles. The van der Waals surface area contributed by atoms with Crippen molar-refractivity contribution in [3.8, 4) is 5.75 Å². The number of hydrogen-bond acceptors (Lipinski definition) is 5. The lowest BCUT2D eigenvalue weighted by Crippen LogP contribution is -2.05. The maximum atomic E-state index is 5.81. The highest BCUT2D eigenvalue weighted by atomic mass is 79.9. The van der Waals surface area contributed by atoms with Crippen LogP contribution in [0, 0.1) is 6.92 Å². The van der Waals surface area contributed by atoms with Crippen LogP contribution in [0.1, 0.15) is 42.6 Å². The van der Waals surface area contributed by atoms with E-state index in [1.807, 2.05) is 32.9 Å². The number of aryl methyl sites for hydroxylation is 1. The van der Waals surface area contributed by atoms with Crippen molar-refractivity contribution in [1.29, 1.82) is 0 Å². The first-order valence-electron chi connectivity index (χ1n) is 6.45. The summed E-state index contributed by atoms with van der Waals surface area (Å²) in [4.78, 5) is 4.28. The molecule has 0 spiro atoms. The summed E-state index contributed by atoms with van der Waals surface area (Å²) in [7, 11) is 0. The van der Waals surface area contributed by atoms with E-state index < -0.39 is 0 Å². The number of aromatic nitrogens is 2. The highest BCUT2D eigenvalue weighted by Crippen LogP contribution is 2.28. The van der Waals surface area contributed by atoms with Gasteiger partial charge in [-0.1, -0.05) is 34.9 Å². The van der Waals surface area contributed by atoms with Crippen LogP contribution >= 0.6 is 15.9 Å². The van der Waals surface area contributed by atoms with Crippen molar-refractivity contribution in [2.75, 3.05) is 0 Å². The highest BCUT2D eigenvalue weighted by molar-refractivity contribution is 9.10. The van der Waals surface area contributed by atoms with Gasteiger partial charge in [0.05, 0.1) is 0 Å². The third-order valence-corrected chi connectivity index (χ3v) is 3.32. The first-order valence-corrected chi connectivity index (χ1v) is 7.25. The number of nitrogens with zero attached hydrogens (tertiary/aromatic N) is 2. The minimum absolute atomic E-state index is 0.213. The Morgan fingerprint density at radius 1 is 1.40 bits per heavy atom. The predicted molar refractivity (Wildman–Crippen MR) is 79.5 cm³/mol. The molecule has 6 heteroatoms. The monoisotopic (exact) mass is 339 g/mol. The second-order valence-corrected chi connectivity index (χ2v) is 5.82. The SMILES string of the molecule is Cc1cc(Br)cc(CN)c1OCc1noc(C(C)C)n1. The number of halogens is 1. The zero-order valence-electron chi connectivity index (χ0n) is 11.8. The Hall–Kier alpha value is -1.40. The lowest BCUT2D eigenvalue weighted by atomic mass is 10.1. The van der Waals surface area contributed by atoms with Crippen LogP contribution in [0.15, 0.2) is 21.1 Å². The van der Waals surface area contributed by atoms with Crippen LogP contribution in [-0.4, -0.2) is 10.1 Å². The van der Waals surface area contributed by atoms with Crippen LogP contribution in [0.5, 0.6) is 5.75 Å². The van der Waals surface area contributed by atoms with Gasteiger partial charge in [0.2, 0.25) is 11.7 Å². The molecule has 0 saturated carbocycles. The third-order valence-electron chi connectivity index (χ3n) is 2.86. The van der Waals surface area contributed by atoms with Gasteiger partial charge in [0.1, 0.15) is 5.75 Å². The molecule has 108 valence electrons. The highest BCUT2D eigenvalue weighted by Gasteiger charge is 2.12. The fourth-order valence-corrected chi connectivity index (χ4v) is 2.47. The van der Waals surface area contributed by atoms with Gasteiger partial charge in [-0.25, -0.2) is 0 Å². The van der Waals surface area contributed by atoms with Gasteiger partial charge in [-0.2, -0.15) is 4.98 Å². The molecule has 20 heavy (non-hydrogen) atoms. The van der Waals surface area contributed by atoms with E-state index in [-0.39, 0.29) is 12.5 Å². The van der Waals surface area contributed by atoms with E-state index in [0.29, 0.717) is 18.3 Å². The van der Waals surface area contributed by atoms with Gasteiger partial charge in [-0.05, 0) is 24.6 Å². The molecule has 1 aromatic heterocycles. The van der Waals surface area contributed by atoms with E-state index in [1.165, 1.54) is 0 Å². The van der Waals surface area contributed by atoms with Crippen molar-refractivity contribution in [2.45, 2.75) is 39.8 Å². The Morgan fingerprint density at radius 2 is 2.15 bits per heavy atom. The molecule has 2 rings (SSSR count). The summed E-state index contributed by atoms with van der Waals surface area (Å²) in [5.41, 5.74) is 7.72. The quantitative estimate of drug-likeness (QED) is 0.904. The molecule has 0 radical (unpaired) electrons. The molecule has 0 saturated heterocycles. The molecular weight excluding hydrogens is 322 g/mol. The maximum absolute atomic E-state index is 5.81. The molecule has 2 N–H and O–H groups in total. The topological polar surface area (TPSA) is 74.2 Å². The van der Waals surface area contributed by atoms with Crippen molar-refractivity contribution in [3.05, 3.63) is 39.4 Å². The van der Waals surface area contributed by atoms with Gasteiger partial charge in [0, 0.05) is 22.5 Å². The molecule has 0 unspecified atom stereocenters. The van der Waals surface area contributed by atoms with E-state index in [1.54, 1.807) is 0 Å². The molecule has 0 atom stereocenters. The number of rotatable bonds is 5. The van der Waals surface area contributed by atoms with E-state index in [0.717, 1.165) is 21.3 Å². The van der Waals surface area contributed by atoms with Crippen molar-refractivity contribution in [2.24, 2.45) is 5.73 Å². The summed E-state index contributed by atoms with van der Waals surface area (Å²) in [6.45, 7) is 6.67. The van der Waals surface area contributed by atoms with Crippen molar-refractivity contribution in [1.82, 2.24) is 10.1 Å². The van der Waals surface area contributed by atoms with Crippen molar-refractivity contribution in [3.63, 3.8) is 0 Å². The molecule has 0 bridgehead atoms. The van der Waals surface area contributed by atoms with Gasteiger partial charge < -0.3 is 15.0 Å². The zero-order chi connectivity index (χ0) is 14.7. The van der Waals surface area contributed by atoms with E-state index in [4.69, 9.17) is 15.0 Å². The Kier molecular flexibility index (Phi) is 4.77. The summed E-state index contributed by atoms with van der Waals surface area (Å²) in [5, 5.41) is 3.90. The van der Waals surface area contributed by atoms with E-state index >= 15 is 0 Å². The van der Waals surface area contributed by atoms with Crippen LogP contribution < -0.4 is 10.5 Å². The first-order chi connectivity index (χ1) is 9.51. The number of benzene rings is 1. The largest absolute Gasteiger partial charge is 0.485 e. The molecule has 0 aliphatic heterocycles. The van der Waals surface area contributed by atoms with Gasteiger partial charge in [0.15, 0.2) is 6.61 Å². The minimum atomic E-state index is 0.213. The fourth-order valence-electron chi connectivity index (χ4n) is 1.85. The van der Waals surface area contributed by atoms with Gasteiger partial charge in [0.25, 0.3) is 0 Å². The Labute approximate surface area is 126 Å². The third kappa shape index (κ3) is 3.37. The standard InChI is InChI=1S/C14H18BrN3O2/c1-8(2)14-17-12(18-20-14)7-19-13-9(3)4-11(15)5-10(13)6-16/h4-5,8H,6-7,16H2,1-3H3. The second kappa shape index (κ2) is 6.37. The molecular formula is C14H18BrN3O2. The number of ether oxygens (including phenoxy) is 1. The summed E-state index contributed by atoms with van der Waals surface area (Å²) >= 11 is 3.45. The van der Waals surface area contributed by atoms with Crippen LogP contribution in [0.4, 0.5) is 0 Å². The summed E-state index contributed by atoms with van der Waals surface area (Å²) in [5.74, 6) is 2.16. The van der Waals surface area contributed by atoms with Crippen LogP contribution in [-0.2, 0) is 13.2 Å². The summed E-state index contributed by atoms with van der Waals surface area (Å²) in [6.07, 6.45) is 0. The number of hydrogen-bond donors (Lipinski definition) is 1. The van der Waals surface area contributed by atoms with Crippen LogP contribution in [0.25, 0.3) is 0 Å². The average Bonchev–Trinajstić information content (AvgIpc) is 2.85. The molecule has 1 heterocycles. The molecule has 0 fully saturated rings. The molecule has 0 aliphatic carbocycles. The Bertz CT molecular complexity index is 596. The first kappa shape index (κ1) is 15.0. The molecule has 5 nitrogen and oxygen atoms in total. The lowest BCUT2D eigenvalue weighted by molar-refractivity contribution is 0.280. The molecule has 0 aliphatic rings. The zero-order valence-corrected chi connectivity index (χ0v) is 13.4. The Morgan fingerprint density at radius 3 is 2.75 bits per heavy atom. The van der Waals surface area contributed by atoms with Crippen LogP contribution in [0.3, 0.4) is 0 Å².